The Morgan fingerprint density at radius 3 is 2.81 bits per heavy atom. The van der Waals surface area contributed by atoms with Crippen molar-refractivity contribution in [1.82, 2.24) is 9.78 Å². The van der Waals surface area contributed by atoms with Crippen LogP contribution in [0.2, 0.25) is 5.02 Å². The third-order valence-electron chi connectivity index (χ3n) is 4.74. The second-order valence-electron chi connectivity index (χ2n) is 6.47. The first kappa shape index (κ1) is 17.4. The molecule has 4 rings (SSSR count). The third-order valence-corrected chi connectivity index (χ3v) is 4.99. The zero-order chi connectivity index (χ0) is 19.0. The van der Waals surface area contributed by atoms with Crippen molar-refractivity contribution in [1.29, 1.82) is 0 Å². The fraction of sp³-hybridized carbons (Fsp3) is 0.200. The minimum Gasteiger partial charge on any atom is -0.504 e. The second kappa shape index (κ2) is 6.96. The van der Waals surface area contributed by atoms with Gasteiger partial charge < -0.3 is 15.2 Å². The molecule has 1 atom stereocenters. The van der Waals surface area contributed by atoms with Crippen molar-refractivity contribution in [2.45, 2.75) is 18.9 Å². The molecule has 7 heteroatoms. The quantitative estimate of drug-likeness (QED) is 0.719. The van der Waals surface area contributed by atoms with Crippen LogP contribution in [-0.4, -0.2) is 27.9 Å². The van der Waals surface area contributed by atoms with Gasteiger partial charge in [-0.25, -0.2) is 4.68 Å². The lowest BCUT2D eigenvalue weighted by Crippen LogP contribution is -2.25. The number of hydrogen-bond acceptors (Lipinski definition) is 4. The van der Waals surface area contributed by atoms with Gasteiger partial charge in [-0.05, 0) is 35.4 Å². The van der Waals surface area contributed by atoms with Crippen molar-refractivity contribution in [2.24, 2.45) is 0 Å². The molecule has 0 saturated carbocycles. The summed E-state index contributed by atoms with van der Waals surface area (Å²) in [6.07, 6.45) is 2.10. The highest BCUT2D eigenvalue weighted by molar-refractivity contribution is 6.30. The molecule has 1 aliphatic rings. The average molecular weight is 384 g/mol. The molecule has 0 radical (unpaired) electrons. The Hall–Kier alpha value is -2.99. The maximum atomic E-state index is 12.3. The first-order chi connectivity index (χ1) is 13.0. The van der Waals surface area contributed by atoms with E-state index in [1.165, 1.54) is 7.11 Å². The molecule has 6 nitrogen and oxygen atoms in total. The number of aromatic nitrogens is 2. The molecule has 0 bridgehead atoms. The SMILES string of the molecule is COc1cc([C@@H]2CC(=O)Nc3c2cnn3Cc2ccc(Cl)cc2)ccc1O. The molecule has 2 N–H and O–H groups in total. The van der Waals surface area contributed by atoms with Crippen LogP contribution in [0.1, 0.15) is 29.0 Å². The van der Waals surface area contributed by atoms with E-state index in [1.54, 1.807) is 29.1 Å². The molecule has 0 unspecified atom stereocenters. The van der Waals surface area contributed by atoms with Gasteiger partial charge in [-0.1, -0.05) is 29.8 Å². The lowest BCUT2D eigenvalue weighted by atomic mass is 9.87. The van der Waals surface area contributed by atoms with Crippen LogP contribution in [0.3, 0.4) is 0 Å². The first-order valence-electron chi connectivity index (χ1n) is 8.52. The summed E-state index contributed by atoms with van der Waals surface area (Å²) in [5.41, 5.74) is 2.87. The van der Waals surface area contributed by atoms with E-state index in [9.17, 15) is 9.90 Å². The molecule has 0 aliphatic carbocycles. The summed E-state index contributed by atoms with van der Waals surface area (Å²) >= 11 is 5.94. The molecule has 2 aromatic carbocycles. The van der Waals surface area contributed by atoms with E-state index in [0.717, 1.165) is 16.7 Å². The van der Waals surface area contributed by atoms with Crippen molar-refractivity contribution >= 4 is 23.3 Å². The molecular formula is C20H18ClN3O3. The van der Waals surface area contributed by atoms with Crippen LogP contribution in [0, 0.1) is 0 Å². The number of rotatable bonds is 4. The number of nitrogens with one attached hydrogen (secondary N) is 1. The fourth-order valence-electron chi connectivity index (χ4n) is 3.36. The number of halogens is 1. The van der Waals surface area contributed by atoms with Gasteiger partial charge in [0.1, 0.15) is 5.82 Å². The summed E-state index contributed by atoms with van der Waals surface area (Å²) < 4.78 is 6.98. The molecular weight excluding hydrogens is 366 g/mol. The van der Waals surface area contributed by atoms with Gasteiger partial charge in [0.05, 0.1) is 19.9 Å². The number of fused-ring (bicyclic) bond motifs is 1. The number of nitrogens with zero attached hydrogens (tertiary/aromatic N) is 2. The van der Waals surface area contributed by atoms with E-state index in [4.69, 9.17) is 16.3 Å². The van der Waals surface area contributed by atoms with Gasteiger partial charge in [-0.2, -0.15) is 5.10 Å². The highest BCUT2D eigenvalue weighted by atomic mass is 35.5. The number of amides is 1. The number of anilines is 1. The van der Waals surface area contributed by atoms with Crippen LogP contribution >= 0.6 is 11.6 Å². The van der Waals surface area contributed by atoms with Crippen LogP contribution in [0.15, 0.2) is 48.7 Å². The minimum absolute atomic E-state index is 0.0696. The number of carbonyl (C=O) groups excluding carboxylic acids is 1. The minimum atomic E-state index is -0.151. The predicted octanol–water partition coefficient (Wildman–Crippen LogP) is 3.77. The Kier molecular flexibility index (Phi) is 4.49. The lowest BCUT2D eigenvalue weighted by Gasteiger charge is -2.24. The Labute approximate surface area is 161 Å². The molecule has 3 aromatic rings. The summed E-state index contributed by atoms with van der Waals surface area (Å²) in [7, 11) is 1.50. The molecule has 0 saturated heterocycles. The van der Waals surface area contributed by atoms with Gasteiger partial charge in [-0.15, -0.1) is 0 Å². The second-order valence-corrected chi connectivity index (χ2v) is 6.91. The smallest absolute Gasteiger partial charge is 0.226 e. The van der Waals surface area contributed by atoms with E-state index < -0.39 is 0 Å². The highest BCUT2D eigenvalue weighted by Gasteiger charge is 2.30. The Morgan fingerprint density at radius 2 is 2.07 bits per heavy atom. The zero-order valence-electron chi connectivity index (χ0n) is 14.6. The number of phenolic OH excluding ortho intramolecular Hbond substituents is 1. The molecule has 1 amide bonds. The van der Waals surface area contributed by atoms with Crippen LogP contribution in [0.25, 0.3) is 0 Å². The number of phenols is 1. The van der Waals surface area contributed by atoms with Gasteiger partial charge in [0.2, 0.25) is 5.91 Å². The van der Waals surface area contributed by atoms with Crippen molar-refractivity contribution < 1.29 is 14.6 Å². The number of hydrogen-bond donors (Lipinski definition) is 2. The average Bonchev–Trinajstić information content (AvgIpc) is 3.06. The predicted molar refractivity (Wildman–Crippen MR) is 103 cm³/mol. The normalized spacial score (nSPS) is 15.9. The summed E-state index contributed by atoms with van der Waals surface area (Å²) in [5, 5.41) is 17.9. The van der Waals surface area contributed by atoms with Crippen molar-refractivity contribution in [2.75, 3.05) is 12.4 Å². The summed E-state index contributed by atoms with van der Waals surface area (Å²) in [4.78, 5) is 12.3. The van der Waals surface area contributed by atoms with Crippen molar-refractivity contribution in [3.05, 3.63) is 70.4 Å². The number of aromatic hydroxyl groups is 1. The lowest BCUT2D eigenvalue weighted by molar-refractivity contribution is -0.116. The molecule has 0 spiro atoms. The van der Waals surface area contributed by atoms with E-state index in [2.05, 4.69) is 10.4 Å². The van der Waals surface area contributed by atoms with E-state index in [-0.39, 0.29) is 17.6 Å². The molecule has 1 aromatic heterocycles. The standard InChI is InChI=1S/C20H18ClN3O3/c1-27-18-8-13(4-7-17(18)25)15-9-19(26)23-20-16(15)10-22-24(20)11-12-2-5-14(21)6-3-12/h2-8,10,15,25H,9,11H2,1H3,(H,23,26)/t15-/m0/s1. The number of benzene rings is 2. The van der Waals surface area contributed by atoms with E-state index >= 15 is 0 Å². The monoisotopic (exact) mass is 383 g/mol. The Morgan fingerprint density at radius 1 is 1.30 bits per heavy atom. The molecule has 1 aliphatic heterocycles. The molecule has 0 fully saturated rings. The largest absolute Gasteiger partial charge is 0.504 e. The van der Waals surface area contributed by atoms with Gasteiger partial charge in [-0.3, -0.25) is 4.79 Å². The molecule has 27 heavy (non-hydrogen) atoms. The molecule has 138 valence electrons. The number of methoxy groups -OCH3 is 1. The summed E-state index contributed by atoms with van der Waals surface area (Å²) in [5.74, 6) is 0.923. The third kappa shape index (κ3) is 3.36. The Balaban J connectivity index is 1.70. The molecule has 2 heterocycles. The topological polar surface area (TPSA) is 76.4 Å². The maximum absolute atomic E-state index is 12.3. The van der Waals surface area contributed by atoms with Gasteiger partial charge in [0.25, 0.3) is 0 Å². The van der Waals surface area contributed by atoms with Crippen LogP contribution in [0.5, 0.6) is 11.5 Å². The van der Waals surface area contributed by atoms with Gasteiger partial charge in [0, 0.05) is 22.9 Å². The van der Waals surface area contributed by atoms with E-state index in [0.29, 0.717) is 29.6 Å². The highest BCUT2D eigenvalue weighted by Crippen LogP contribution is 2.39. The number of carbonyl (C=O) groups is 1. The van der Waals surface area contributed by atoms with E-state index in [1.807, 2.05) is 24.3 Å². The van der Waals surface area contributed by atoms with Gasteiger partial charge >= 0.3 is 0 Å². The fourth-order valence-corrected chi connectivity index (χ4v) is 3.49. The van der Waals surface area contributed by atoms with Crippen molar-refractivity contribution in [3.63, 3.8) is 0 Å². The summed E-state index contributed by atoms with van der Waals surface area (Å²) in [6.45, 7) is 0.526. The van der Waals surface area contributed by atoms with Crippen LogP contribution in [0.4, 0.5) is 5.82 Å². The van der Waals surface area contributed by atoms with Crippen LogP contribution in [-0.2, 0) is 11.3 Å². The maximum Gasteiger partial charge on any atom is 0.226 e. The Bertz CT molecular complexity index is 998. The van der Waals surface area contributed by atoms with Crippen molar-refractivity contribution in [3.8, 4) is 11.5 Å². The first-order valence-corrected chi connectivity index (χ1v) is 8.90. The van der Waals surface area contributed by atoms with Crippen LogP contribution < -0.4 is 10.1 Å². The zero-order valence-corrected chi connectivity index (χ0v) is 15.4. The number of ether oxygens (including phenoxy) is 1. The summed E-state index contributed by atoms with van der Waals surface area (Å²) in [6, 6.07) is 12.7. The van der Waals surface area contributed by atoms with Gasteiger partial charge in [0.15, 0.2) is 11.5 Å².